The fraction of sp³-hybridized carbons (Fsp3) is 0.538. The lowest BCUT2D eigenvalue weighted by molar-refractivity contribution is 0.324. The molecule has 0 spiro atoms. The van der Waals surface area contributed by atoms with E-state index in [0.717, 1.165) is 25.7 Å². The first-order valence-electron chi connectivity index (χ1n) is 5.69. The van der Waals surface area contributed by atoms with Crippen molar-refractivity contribution in [3.63, 3.8) is 0 Å². The molecule has 0 amide bonds. The van der Waals surface area contributed by atoms with E-state index < -0.39 is 0 Å². The highest BCUT2D eigenvalue weighted by Crippen LogP contribution is 2.40. The van der Waals surface area contributed by atoms with Crippen molar-refractivity contribution in [2.45, 2.75) is 38.6 Å². The van der Waals surface area contributed by atoms with Crippen LogP contribution in [0.1, 0.15) is 31.7 Å². The molecule has 3 heteroatoms. The standard InChI is InChI=1S/C13H17ClFN/c1-13(6-5-10(16)8-13)7-9-3-2-4-11(14)12(9)15/h2-4,10H,5-8,16H2,1H3. The van der Waals surface area contributed by atoms with Crippen LogP contribution in [0.5, 0.6) is 0 Å². The van der Waals surface area contributed by atoms with Gasteiger partial charge in [-0.15, -0.1) is 0 Å². The maximum Gasteiger partial charge on any atom is 0.144 e. The SMILES string of the molecule is CC1(Cc2cccc(Cl)c2F)CCC(N)C1. The summed E-state index contributed by atoms with van der Waals surface area (Å²) in [5.41, 5.74) is 6.75. The highest BCUT2D eigenvalue weighted by molar-refractivity contribution is 6.30. The Balaban J connectivity index is 2.18. The molecule has 0 bridgehead atoms. The van der Waals surface area contributed by atoms with Crippen molar-refractivity contribution in [1.29, 1.82) is 0 Å². The van der Waals surface area contributed by atoms with Crippen LogP contribution in [0.25, 0.3) is 0 Å². The lowest BCUT2D eigenvalue weighted by Gasteiger charge is -2.24. The number of hydrogen-bond donors (Lipinski definition) is 1. The lowest BCUT2D eigenvalue weighted by atomic mass is 9.82. The van der Waals surface area contributed by atoms with Gasteiger partial charge in [0.15, 0.2) is 0 Å². The summed E-state index contributed by atoms with van der Waals surface area (Å²) in [4.78, 5) is 0. The maximum absolute atomic E-state index is 13.8. The van der Waals surface area contributed by atoms with Gasteiger partial charge in [-0.05, 0) is 42.7 Å². The Labute approximate surface area is 101 Å². The number of benzene rings is 1. The van der Waals surface area contributed by atoms with Crippen molar-refractivity contribution in [3.05, 3.63) is 34.6 Å². The van der Waals surface area contributed by atoms with Gasteiger partial charge in [-0.3, -0.25) is 0 Å². The van der Waals surface area contributed by atoms with Gasteiger partial charge in [0.1, 0.15) is 5.82 Å². The molecule has 1 nitrogen and oxygen atoms in total. The zero-order valence-electron chi connectivity index (χ0n) is 9.47. The molecule has 0 heterocycles. The van der Waals surface area contributed by atoms with E-state index in [4.69, 9.17) is 17.3 Å². The lowest BCUT2D eigenvalue weighted by Crippen LogP contribution is -2.21. The van der Waals surface area contributed by atoms with Crippen molar-refractivity contribution in [1.82, 2.24) is 0 Å². The smallest absolute Gasteiger partial charge is 0.144 e. The third kappa shape index (κ3) is 2.38. The molecule has 2 unspecified atom stereocenters. The zero-order chi connectivity index (χ0) is 11.8. The molecule has 2 rings (SSSR count). The normalized spacial score (nSPS) is 29.6. The molecular formula is C13H17ClFN. The summed E-state index contributed by atoms with van der Waals surface area (Å²) in [6, 6.07) is 5.48. The quantitative estimate of drug-likeness (QED) is 0.842. The number of nitrogens with two attached hydrogens (primary N) is 1. The van der Waals surface area contributed by atoms with Crippen molar-refractivity contribution >= 4 is 11.6 Å². The Kier molecular flexibility index (Phi) is 3.22. The van der Waals surface area contributed by atoms with Gasteiger partial charge in [0.25, 0.3) is 0 Å². The Morgan fingerprint density at radius 2 is 2.31 bits per heavy atom. The second-order valence-electron chi connectivity index (χ2n) is 5.20. The van der Waals surface area contributed by atoms with Crippen LogP contribution in [-0.4, -0.2) is 6.04 Å². The van der Waals surface area contributed by atoms with Gasteiger partial charge in [0, 0.05) is 6.04 Å². The Bertz CT molecular complexity index is 394. The van der Waals surface area contributed by atoms with E-state index in [0.29, 0.717) is 5.56 Å². The van der Waals surface area contributed by atoms with Gasteiger partial charge in [0.05, 0.1) is 5.02 Å². The average Bonchev–Trinajstić information content (AvgIpc) is 2.54. The van der Waals surface area contributed by atoms with Crippen molar-refractivity contribution in [2.24, 2.45) is 11.1 Å². The molecule has 0 aromatic heterocycles. The predicted molar refractivity (Wildman–Crippen MR) is 65.0 cm³/mol. The molecule has 0 saturated heterocycles. The fourth-order valence-corrected chi connectivity index (χ4v) is 2.87. The van der Waals surface area contributed by atoms with Crippen LogP contribution in [0.3, 0.4) is 0 Å². The summed E-state index contributed by atoms with van der Waals surface area (Å²) >= 11 is 5.77. The van der Waals surface area contributed by atoms with Gasteiger partial charge in [-0.1, -0.05) is 30.7 Å². The summed E-state index contributed by atoms with van der Waals surface area (Å²) in [6.45, 7) is 2.18. The van der Waals surface area contributed by atoms with Crippen molar-refractivity contribution in [2.75, 3.05) is 0 Å². The molecule has 1 fully saturated rings. The first kappa shape index (κ1) is 11.9. The topological polar surface area (TPSA) is 26.0 Å². The van der Waals surface area contributed by atoms with E-state index in [2.05, 4.69) is 6.92 Å². The zero-order valence-corrected chi connectivity index (χ0v) is 10.2. The minimum Gasteiger partial charge on any atom is -0.328 e. The van der Waals surface area contributed by atoms with Gasteiger partial charge in [0.2, 0.25) is 0 Å². The highest BCUT2D eigenvalue weighted by Gasteiger charge is 2.34. The molecule has 88 valence electrons. The van der Waals surface area contributed by atoms with Crippen LogP contribution in [0.4, 0.5) is 4.39 Å². The van der Waals surface area contributed by atoms with Crippen LogP contribution in [0.15, 0.2) is 18.2 Å². The first-order valence-corrected chi connectivity index (χ1v) is 6.06. The fourth-order valence-electron chi connectivity index (χ4n) is 2.68. The summed E-state index contributed by atoms with van der Waals surface area (Å²) in [5, 5.41) is 0.211. The monoisotopic (exact) mass is 241 g/mol. The van der Waals surface area contributed by atoms with Gasteiger partial charge < -0.3 is 5.73 Å². The highest BCUT2D eigenvalue weighted by atomic mass is 35.5. The Morgan fingerprint density at radius 3 is 2.94 bits per heavy atom. The summed E-state index contributed by atoms with van der Waals surface area (Å²) < 4.78 is 13.8. The van der Waals surface area contributed by atoms with Crippen LogP contribution < -0.4 is 5.73 Å². The van der Waals surface area contributed by atoms with Gasteiger partial charge in [-0.25, -0.2) is 4.39 Å². The Morgan fingerprint density at radius 1 is 1.56 bits per heavy atom. The van der Waals surface area contributed by atoms with E-state index in [1.165, 1.54) is 0 Å². The average molecular weight is 242 g/mol. The molecule has 16 heavy (non-hydrogen) atoms. The molecule has 0 aliphatic heterocycles. The second kappa shape index (κ2) is 4.34. The summed E-state index contributed by atoms with van der Waals surface area (Å²) in [6.07, 6.45) is 3.81. The second-order valence-corrected chi connectivity index (χ2v) is 5.61. The van der Waals surface area contributed by atoms with Gasteiger partial charge in [-0.2, -0.15) is 0 Å². The molecule has 1 aromatic carbocycles. The summed E-state index contributed by atoms with van der Waals surface area (Å²) in [5.74, 6) is -0.272. The molecule has 1 aromatic rings. The third-order valence-corrected chi connectivity index (χ3v) is 3.81. The minimum absolute atomic E-state index is 0.130. The predicted octanol–water partition coefficient (Wildman–Crippen LogP) is 3.54. The van der Waals surface area contributed by atoms with E-state index in [9.17, 15) is 4.39 Å². The summed E-state index contributed by atoms with van der Waals surface area (Å²) in [7, 11) is 0. The van der Waals surface area contributed by atoms with Crippen LogP contribution in [0.2, 0.25) is 5.02 Å². The molecule has 2 N–H and O–H groups in total. The van der Waals surface area contributed by atoms with E-state index >= 15 is 0 Å². The molecule has 1 saturated carbocycles. The minimum atomic E-state index is -0.272. The number of halogens is 2. The molecule has 1 aliphatic rings. The largest absolute Gasteiger partial charge is 0.328 e. The van der Waals surface area contributed by atoms with E-state index in [1.807, 2.05) is 6.07 Å². The third-order valence-electron chi connectivity index (χ3n) is 3.52. The molecule has 1 aliphatic carbocycles. The number of hydrogen-bond acceptors (Lipinski definition) is 1. The number of rotatable bonds is 2. The van der Waals surface area contributed by atoms with Crippen LogP contribution >= 0.6 is 11.6 Å². The van der Waals surface area contributed by atoms with Crippen LogP contribution in [0, 0.1) is 11.2 Å². The maximum atomic E-state index is 13.8. The van der Waals surface area contributed by atoms with E-state index in [-0.39, 0.29) is 22.3 Å². The van der Waals surface area contributed by atoms with Crippen LogP contribution in [-0.2, 0) is 6.42 Å². The van der Waals surface area contributed by atoms with Crippen molar-refractivity contribution < 1.29 is 4.39 Å². The Hall–Kier alpha value is -0.600. The molecular weight excluding hydrogens is 225 g/mol. The molecule has 0 radical (unpaired) electrons. The van der Waals surface area contributed by atoms with Crippen molar-refractivity contribution in [3.8, 4) is 0 Å². The van der Waals surface area contributed by atoms with Gasteiger partial charge >= 0.3 is 0 Å². The molecule has 2 atom stereocenters. The van der Waals surface area contributed by atoms with E-state index in [1.54, 1.807) is 12.1 Å². The first-order chi connectivity index (χ1) is 7.50.